The molecule has 4 nitrogen and oxygen atoms in total. The molecule has 104 valence electrons. The van der Waals surface area contributed by atoms with E-state index in [-0.39, 0.29) is 17.4 Å². The predicted molar refractivity (Wildman–Crippen MR) is 74.5 cm³/mol. The van der Waals surface area contributed by atoms with Gasteiger partial charge in [0.05, 0.1) is 18.2 Å². The molecule has 0 saturated carbocycles. The van der Waals surface area contributed by atoms with Crippen LogP contribution in [0.15, 0.2) is 24.3 Å². The number of hydrogen-bond acceptors (Lipinski definition) is 3. The minimum Gasteiger partial charge on any atom is -0.390 e. The molecule has 3 atom stereocenters. The van der Waals surface area contributed by atoms with E-state index in [2.05, 4.69) is 5.32 Å². The zero-order valence-electron chi connectivity index (χ0n) is 11.7. The number of nitrogens with one attached hydrogen (secondary N) is 1. The highest BCUT2D eigenvalue weighted by Gasteiger charge is 2.35. The highest BCUT2D eigenvalue weighted by molar-refractivity contribution is 5.83. The normalized spacial score (nSPS) is 23.8. The zero-order valence-corrected chi connectivity index (χ0v) is 11.7. The van der Waals surface area contributed by atoms with Crippen LogP contribution in [0.1, 0.15) is 37.9 Å². The molecular weight excluding hydrogens is 240 g/mol. The fourth-order valence-corrected chi connectivity index (χ4v) is 2.38. The van der Waals surface area contributed by atoms with Gasteiger partial charge in [-0.25, -0.2) is 0 Å². The molecule has 4 heteroatoms. The fraction of sp³-hybridized carbons (Fsp3) is 0.533. The van der Waals surface area contributed by atoms with Crippen molar-refractivity contribution in [3.8, 4) is 0 Å². The van der Waals surface area contributed by atoms with Crippen molar-refractivity contribution in [3.63, 3.8) is 0 Å². The molecule has 0 bridgehead atoms. The van der Waals surface area contributed by atoms with E-state index in [0.717, 1.165) is 11.1 Å². The molecule has 0 saturated heterocycles. The van der Waals surface area contributed by atoms with Crippen LogP contribution in [0.4, 0.5) is 0 Å². The number of hydrogen-bond donors (Lipinski definition) is 3. The molecule has 19 heavy (non-hydrogen) atoms. The highest BCUT2D eigenvalue weighted by atomic mass is 16.3. The molecule has 1 amide bonds. The van der Waals surface area contributed by atoms with Gasteiger partial charge in [-0.2, -0.15) is 0 Å². The van der Waals surface area contributed by atoms with E-state index >= 15 is 0 Å². The second kappa shape index (κ2) is 4.94. The van der Waals surface area contributed by atoms with Gasteiger partial charge in [0.15, 0.2) is 0 Å². The third-order valence-electron chi connectivity index (χ3n) is 3.72. The van der Waals surface area contributed by atoms with E-state index in [1.165, 1.54) is 0 Å². The van der Waals surface area contributed by atoms with E-state index in [1.54, 1.807) is 0 Å². The highest BCUT2D eigenvalue weighted by Crippen LogP contribution is 2.31. The lowest BCUT2D eigenvalue weighted by atomic mass is 9.86. The summed E-state index contributed by atoms with van der Waals surface area (Å²) in [4.78, 5) is 12.2. The SMILES string of the molecule is CC(C)(C)C(N)C(=O)N[C@@H]1c2ccccc2C[C@@H]1O. The molecule has 1 aliphatic carbocycles. The van der Waals surface area contributed by atoms with Crippen molar-refractivity contribution < 1.29 is 9.90 Å². The molecule has 0 heterocycles. The Kier molecular flexibility index (Phi) is 3.65. The van der Waals surface area contributed by atoms with Gasteiger partial charge in [0.1, 0.15) is 0 Å². The first-order valence-corrected chi connectivity index (χ1v) is 6.62. The maximum Gasteiger partial charge on any atom is 0.238 e. The Bertz CT molecular complexity index is 479. The first-order valence-electron chi connectivity index (χ1n) is 6.62. The Morgan fingerprint density at radius 2 is 2.05 bits per heavy atom. The second-order valence-electron chi connectivity index (χ2n) is 6.30. The van der Waals surface area contributed by atoms with Crippen molar-refractivity contribution in [2.45, 2.75) is 45.4 Å². The molecular formula is C15H22N2O2. The summed E-state index contributed by atoms with van der Waals surface area (Å²) in [6, 6.07) is 6.84. The van der Waals surface area contributed by atoms with Gasteiger partial charge >= 0.3 is 0 Å². The third-order valence-corrected chi connectivity index (χ3v) is 3.72. The topological polar surface area (TPSA) is 75.4 Å². The van der Waals surface area contributed by atoms with Gasteiger partial charge in [-0.3, -0.25) is 4.79 Å². The van der Waals surface area contributed by atoms with Crippen molar-refractivity contribution in [2.75, 3.05) is 0 Å². The largest absolute Gasteiger partial charge is 0.390 e. The number of carbonyl (C=O) groups excluding carboxylic acids is 1. The van der Waals surface area contributed by atoms with Crippen LogP contribution in [0.3, 0.4) is 0 Å². The molecule has 2 rings (SSSR count). The number of fused-ring (bicyclic) bond motifs is 1. The Morgan fingerprint density at radius 3 is 2.68 bits per heavy atom. The lowest BCUT2D eigenvalue weighted by Gasteiger charge is -2.28. The van der Waals surface area contributed by atoms with Crippen molar-refractivity contribution in [2.24, 2.45) is 11.1 Å². The number of aliphatic hydroxyl groups excluding tert-OH is 1. The minimum absolute atomic E-state index is 0.215. The molecule has 0 fully saturated rings. The van der Waals surface area contributed by atoms with Crippen molar-refractivity contribution in [1.82, 2.24) is 5.32 Å². The van der Waals surface area contributed by atoms with Crippen molar-refractivity contribution >= 4 is 5.91 Å². The summed E-state index contributed by atoms with van der Waals surface area (Å²) in [5.41, 5.74) is 7.72. The van der Waals surface area contributed by atoms with E-state index < -0.39 is 12.1 Å². The maximum atomic E-state index is 12.2. The molecule has 1 unspecified atom stereocenters. The molecule has 4 N–H and O–H groups in total. The number of rotatable bonds is 2. The number of nitrogens with two attached hydrogens (primary N) is 1. The molecule has 0 aromatic heterocycles. The maximum absolute atomic E-state index is 12.2. The van der Waals surface area contributed by atoms with E-state index in [1.807, 2.05) is 45.0 Å². The van der Waals surface area contributed by atoms with Gasteiger partial charge < -0.3 is 16.2 Å². The Balaban J connectivity index is 2.14. The number of carbonyl (C=O) groups is 1. The first-order chi connectivity index (χ1) is 8.80. The van der Waals surface area contributed by atoms with Gasteiger partial charge in [0.2, 0.25) is 5.91 Å². The summed E-state index contributed by atoms with van der Waals surface area (Å²) in [5, 5.41) is 13.0. The molecule has 0 radical (unpaired) electrons. The molecule has 0 aliphatic heterocycles. The smallest absolute Gasteiger partial charge is 0.238 e. The fourth-order valence-electron chi connectivity index (χ4n) is 2.38. The summed E-state index contributed by atoms with van der Waals surface area (Å²) in [6.45, 7) is 5.78. The van der Waals surface area contributed by atoms with Crippen molar-refractivity contribution in [1.29, 1.82) is 0 Å². The Hall–Kier alpha value is -1.39. The van der Waals surface area contributed by atoms with Crippen LogP contribution < -0.4 is 11.1 Å². The van der Waals surface area contributed by atoms with Crippen LogP contribution in [-0.2, 0) is 11.2 Å². The van der Waals surface area contributed by atoms with Crippen LogP contribution in [0.5, 0.6) is 0 Å². The second-order valence-corrected chi connectivity index (χ2v) is 6.30. The Morgan fingerprint density at radius 1 is 1.42 bits per heavy atom. The third kappa shape index (κ3) is 2.80. The zero-order chi connectivity index (χ0) is 14.2. The first kappa shape index (κ1) is 14.0. The van der Waals surface area contributed by atoms with Gasteiger partial charge in [-0.1, -0.05) is 45.0 Å². The monoisotopic (exact) mass is 262 g/mol. The van der Waals surface area contributed by atoms with E-state index in [0.29, 0.717) is 6.42 Å². The number of benzene rings is 1. The average molecular weight is 262 g/mol. The van der Waals surface area contributed by atoms with E-state index in [9.17, 15) is 9.90 Å². The minimum atomic E-state index is -0.590. The average Bonchev–Trinajstić information content (AvgIpc) is 2.64. The summed E-state index contributed by atoms with van der Waals surface area (Å²) in [5.74, 6) is -0.215. The van der Waals surface area contributed by atoms with Gasteiger partial charge in [0, 0.05) is 6.42 Å². The molecule has 1 aliphatic rings. The van der Waals surface area contributed by atoms with Crippen LogP contribution in [0.2, 0.25) is 0 Å². The molecule has 1 aromatic carbocycles. The van der Waals surface area contributed by atoms with Crippen LogP contribution in [0.25, 0.3) is 0 Å². The van der Waals surface area contributed by atoms with Crippen LogP contribution in [-0.4, -0.2) is 23.2 Å². The summed E-state index contributed by atoms with van der Waals surface area (Å²) >= 11 is 0. The Labute approximate surface area is 114 Å². The predicted octanol–water partition coefficient (Wildman–Crippen LogP) is 1.13. The van der Waals surface area contributed by atoms with E-state index in [4.69, 9.17) is 5.73 Å². The molecule has 0 spiro atoms. The van der Waals surface area contributed by atoms with Crippen LogP contribution >= 0.6 is 0 Å². The quantitative estimate of drug-likeness (QED) is 0.748. The lowest BCUT2D eigenvalue weighted by molar-refractivity contribution is -0.126. The summed E-state index contributed by atoms with van der Waals surface area (Å²) in [7, 11) is 0. The van der Waals surface area contributed by atoms with Gasteiger partial charge in [-0.05, 0) is 16.5 Å². The van der Waals surface area contributed by atoms with Crippen LogP contribution in [0, 0.1) is 5.41 Å². The molecule has 1 aromatic rings. The number of aliphatic hydroxyl groups is 1. The van der Waals surface area contributed by atoms with Gasteiger partial charge in [0.25, 0.3) is 0 Å². The summed E-state index contributed by atoms with van der Waals surface area (Å²) < 4.78 is 0. The summed E-state index contributed by atoms with van der Waals surface area (Å²) in [6.07, 6.45) is -0.000172. The van der Waals surface area contributed by atoms with Crippen molar-refractivity contribution in [3.05, 3.63) is 35.4 Å². The number of amides is 1. The lowest BCUT2D eigenvalue weighted by Crippen LogP contribution is -2.50. The standard InChI is InChI=1S/C15H22N2O2/c1-15(2,3)13(16)14(19)17-12-10-7-5-4-6-9(10)8-11(12)18/h4-7,11-13,18H,8,16H2,1-3H3,(H,17,19)/t11-,12+,13?/m0/s1. The van der Waals surface area contributed by atoms with Gasteiger partial charge in [-0.15, -0.1) is 0 Å².